The molecule has 7 heteroatoms. The lowest BCUT2D eigenvalue weighted by Crippen LogP contribution is -2.38. The highest BCUT2D eigenvalue weighted by atomic mass is 16.2. The Hall–Kier alpha value is -3.74. The molecule has 0 unspecified atom stereocenters. The Balaban J connectivity index is 1.98. The fourth-order valence-electron chi connectivity index (χ4n) is 3.15. The molecule has 1 N–H and O–H groups in total. The van der Waals surface area contributed by atoms with Gasteiger partial charge in [-0.3, -0.25) is 13.9 Å². The van der Waals surface area contributed by atoms with Crippen molar-refractivity contribution < 1.29 is 0 Å². The summed E-state index contributed by atoms with van der Waals surface area (Å²) >= 11 is 0. The molecular formula is C20H16N4O3. The van der Waals surface area contributed by atoms with Gasteiger partial charge in [-0.05, 0) is 16.7 Å². The molecule has 0 spiro atoms. The van der Waals surface area contributed by atoms with E-state index in [1.165, 1.54) is 18.7 Å². The van der Waals surface area contributed by atoms with E-state index in [4.69, 9.17) is 0 Å². The van der Waals surface area contributed by atoms with Gasteiger partial charge in [-0.1, -0.05) is 54.6 Å². The van der Waals surface area contributed by atoms with Gasteiger partial charge in [0.25, 0.3) is 5.56 Å². The van der Waals surface area contributed by atoms with Crippen LogP contribution < -0.4 is 16.9 Å². The van der Waals surface area contributed by atoms with Crippen LogP contribution in [0.1, 0.15) is 0 Å². The number of aromatic amines is 1. The van der Waals surface area contributed by atoms with Gasteiger partial charge >= 0.3 is 11.4 Å². The first-order valence-electron chi connectivity index (χ1n) is 8.33. The number of benzene rings is 2. The molecule has 0 amide bonds. The van der Waals surface area contributed by atoms with Crippen molar-refractivity contribution >= 4 is 11.0 Å². The lowest BCUT2D eigenvalue weighted by molar-refractivity contribution is 0.705. The third-order valence-electron chi connectivity index (χ3n) is 4.60. The third kappa shape index (κ3) is 2.69. The highest BCUT2D eigenvalue weighted by molar-refractivity contribution is 5.89. The van der Waals surface area contributed by atoms with Gasteiger partial charge in [0.15, 0.2) is 5.65 Å². The maximum Gasteiger partial charge on any atom is 0.347 e. The molecule has 0 saturated heterocycles. The average Bonchev–Trinajstić information content (AvgIpc) is 2.71. The molecule has 2 aromatic heterocycles. The number of nitrogens with one attached hydrogen (secondary N) is 1. The van der Waals surface area contributed by atoms with Crippen LogP contribution in [0.25, 0.3) is 33.4 Å². The van der Waals surface area contributed by atoms with E-state index < -0.39 is 16.9 Å². The molecule has 0 bridgehead atoms. The minimum atomic E-state index is -0.618. The van der Waals surface area contributed by atoms with Crippen LogP contribution in [0.3, 0.4) is 0 Å². The van der Waals surface area contributed by atoms with Crippen LogP contribution in [0.2, 0.25) is 0 Å². The molecule has 0 fully saturated rings. The average molecular weight is 360 g/mol. The summed E-state index contributed by atoms with van der Waals surface area (Å²) in [6.45, 7) is 0. The SMILES string of the molecule is Cn1c(=O)c2c(-c3ccc(-c4ccccc4)cc3)[nH]c(=O)nc2n(C)c1=O. The normalized spacial score (nSPS) is 11.0. The van der Waals surface area contributed by atoms with Gasteiger partial charge in [0.05, 0.1) is 5.69 Å². The van der Waals surface area contributed by atoms with Gasteiger partial charge in [0.1, 0.15) is 5.39 Å². The van der Waals surface area contributed by atoms with Crippen molar-refractivity contribution in [2.45, 2.75) is 0 Å². The van der Waals surface area contributed by atoms with Gasteiger partial charge < -0.3 is 4.98 Å². The molecule has 2 aromatic carbocycles. The fourth-order valence-corrected chi connectivity index (χ4v) is 3.15. The monoisotopic (exact) mass is 360 g/mol. The van der Waals surface area contributed by atoms with Gasteiger partial charge in [0.2, 0.25) is 0 Å². The summed E-state index contributed by atoms with van der Waals surface area (Å²) in [6, 6.07) is 17.4. The van der Waals surface area contributed by atoms with E-state index in [0.29, 0.717) is 11.3 Å². The Bertz CT molecular complexity index is 1330. The van der Waals surface area contributed by atoms with Crippen LogP contribution in [0.5, 0.6) is 0 Å². The Morgan fingerprint density at radius 1 is 0.778 bits per heavy atom. The summed E-state index contributed by atoms with van der Waals surface area (Å²) in [5.41, 5.74) is 1.50. The summed E-state index contributed by atoms with van der Waals surface area (Å²) < 4.78 is 2.21. The number of aryl methyl sites for hydroxylation is 1. The minimum Gasteiger partial charge on any atom is -0.304 e. The predicted molar refractivity (Wildman–Crippen MR) is 104 cm³/mol. The summed E-state index contributed by atoms with van der Waals surface area (Å²) in [6.07, 6.45) is 0. The molecule has 0 aliphatic heterocycles. The van der Waals surface area contributed by atoms with Crippen molar-refractivity contribution in [3.05, 3.63) is 85.9 Å². The zero-order valence-corrected chi connectivity index (χ0v) is 14.8. The van der Waals surface area contributed by atoms with Crippen LogP contribution in [0, 0.1) is 0 Å². The minimum absolute atomic E-state index is 0.0639. The first-order valence-corrected chi connectivity index (χ1v) is 8.33. The Morgan fingerprint density at radius 3 is 2.04 bits per heavy atom. The first kappa shape index (κ1) is 16.7. The van der Waals surface area contributed by atoms with Gasteiger partial charge in [-0.2, -0.15) is 4.98 Å². The molecule has 0 aliphatic rings. The third-order valence-corrected chi connectivity index (χ3v) is 4.60. The maximum atomic E-state index is 12.7. The van der Waals surface area contributed by atoms with E-state index in [1.807, 2.05) is 54.6 Å². The molecule has 27 heavy (non-hydrogen) atoms. The van der Waals surface area contributed by atoms with E-state index in [9.17, 15) is 14.4 Å². The second-order valence-electron chi connectivity index (χ2n) is 6.26. The summed E-state index contributed by atoms with van der Waals surface area (Å²) in [7, 11) is 2.89. The van der Waals surface area contributed by atoms with Crippen molar-refractivity contribution in [2.75, 3.05) is 0 Å². The van der Waals surface area contributed by atoms with E-state index >= 15 is 0 Å². The molecule has 0 saturated carbocycles. The van der Waals surface area contributed by atoms with Crippen molar-refractivity contribution in [1.29, 1.82) is 0 Å². The largest absolute Gasteiger partial charge is 0.347 e. The number of fused-ring (bicyclic) bond motifs is 1. The number of hydrogen-bond acceptors (Lipinski definition) is 4. The van der Waals surface area contributed by atoms with Crippen LogP contribution in [-0.2, 0) is 14.1 Å². The summed E-state index contributed by atoms with van der Waals surface area (Å²) in [4.78, 5) is 43.3. The molecule has 4 aromatic rings. The molecular weight excluding hydrogens is 344 g/mol. The van der Waals surface area contributed by atoms with E-state index in [1.54, 1.807) is 0 Å². The number of aromatic nitrogens is 4. The quantitative estimate of drug-likeness (QED) is 0.589. The smallest absolute Gasteiger partial charge is 0.304 e. The van der Waals surface area contributed by atoms with E-state index in [-0.39, 0.29) is 11.0 Å². The Kier molecular flexibility index (Phi) is 3.84. The summed E-state index contributed by atoms with van der Waals surface area (Å²) in [5.74, 6) is 0. The number of nitrogens with zero attached hydrogens (tertiary/aromatic N) is 3. The van der Waals surface area contributed by atoms with Crippen LogP contribution in [0.15, 0.2) is 69.0 Å². The molecule has 7 nitrogen and oxygen atoms in total. The molecule has 0 atom stereocenters. The molecule has 0 radical (unpaired) electrons. The second kappa shape index (κ2) is 6.21. The number of rotatable bonds is 2. The molecule has 2 heterocycles. The first-order chi connectivity index (χ1) is 13.0. The van der Waals surface area contributed by atoms with E-state index in [2.05, 4.69) is 9.97 Å². The zero-order valence-electron chi connectivity index (χ0n) is 14.8. The van der Waals surface area contributed by atoms with Crippen molar-refractivity contribution in [1.82, 2.24) is 19.1 Å². The van der Waals surface area contributed by atoms with E-state index in [0.717, 1.165) is 15.7 Å². The molecule has 4 rings (SSSR count). The topological polar surface area (TPSA) is 89.8 Å². The zero-order chi connectivity index (χ0) is 19.1. The second-order valence-corrected chi connectivity index (χ2v) is 6.26. The number of H-pyrrole nitrogens is 1. The van der Waals surface area contributed by atoms with Crippen LogP contribution >= 0.6 is 0 Å². The fraction of sp³-hybridized carbons (Fsp3) is 0.100. The summed E-state index contributed by atoms with van der Waals surface area (Å²) in [5, 5.41) is 0.201. The standard InChI is InChI=1S/C20H16N4O3/c1-23-17-15(18(25)24(2)20(23)27)16(21-19(26)22-17)14-10-8-13(9-11-14)12-6-4-3-5-7-12/h3-11H,1-2H3,(H,21,22,26). The highest BCUT2D eigenvalue weighted by Crippen LogP contribution is 2.25. The lowest BCUT2D eigenvalue weighted by Gasteiger charge is -2.10. The Morgan fingerprint density at radius 2 is 1.37 bits per heavy atom. The molecule has 134 valence electrons. The van der Waals surface area contributed by atoms with Crippen molar-refractivity contribution in [2.24, 2.45) is 14.1 Å². The van der Waals surface area contributed by atoms with Crippen LogP contribution in [0.4, 0.5) is 0 Å². The highest BCUT2D eigenvalue weighted by Gasteiger charge is 2.16. The molecule has 0 aliphatic carbocycles. The number of hydrogen-bond donors (Lipinski definition) is 1. The maximum absolute atomic E-state index is 12.7. The lowest BCUT2D eigenvalue weighted by atomic mass is 10.0. The van der Waals surface area contributed by atoms with Gasteiger partial charge in [0, 0.05) is 14.1 Å². The van der Waals surface area contributed by atoms with Gasteiger partial charge in [-0.25, -0.2) is 9.59 Å². The predicted octanol–water partition coefficient (Wildman–Crippen LogP) is 1.65. The Labute approximate surface area is 153 Å². The van der Waals surface area contributed by atoms with Gasteiger partial charge in [-0.15, -0.1) is 0 Å². The van der Waals surface area contributed by atoms with Crippen LogP contribution in [-0.4, -0.2) is 19.1 Å². The van der Waals surface area contributed by atoms with Crippen molar-refractivity contribution in [3.63, 3.8) is 0 Å². The van der Waals surface area contributed by atoms with Crippen molar-refractivity contribution in [3.8, 4) is 22.4 Å².